The molecule has 1 aliphatic carbocycles. The summed E-state index contributed by atoms with van der Waals surface area (Å²) in [6.07, 6.45) is 6.40. The third-order valence-corrected chi connectivity index (χ3v) is 7.34. The molecule has 0 amide bonds. The van der Waals surface area contributed by atoms with Gasteiger partial charge in [-0.2, -0.15) is 0 Å². The van der Waals surface area contributed by atoms with Crippen molar-refractivity contribution in [3.63, 3.8) is 0 Å². The van der Waals surface area contributed by atoms with E-state index in [0.29, 0.717) is 11.5 Å². The molecule has 1 saturated carbocycles. The Kier molecular flexibility index (Phi) is 5.03. The molecule has 0 spiro atoms. The average Bonchev–Trinajstić information content (AvgIpc) is 3.12. The first-order chi connectivity index (χ1) is 12.1. The second-order valence-electron chi connectivity index (χ2n) is 8.34. The molecule has 0 unspecified atom stereocenters. The smallest absolute Gasteiger partial charge is 0.0455 e. The van der Waals surface area contributed by atoms with Crippen LogP contribution in [0.2, 0.25) is 0 Å². The van der Waals surface area contributed by atoms with Gasteiger partial charge in [0, 0.05) is 48.0 Å². The van der Waals surface area contributed by atoms with Crippen LogP contribution in [0, 0.1) is 5.41 Å². The zero-order valence-corrected chi connectivity index (χ0v) is 16.2. The lowest BCUT2D eigenvalue weighted by Gasteiger charge is -2.40. The molecule has 3 nitrogen and oxygen atoms in total. The second-order valence-corrected chi connectivity index (χ2v) is 9.28. The van der Waals surface area contributed by atoms with Gasteiger partial charge in [-0.15, -0.1) is 11.3 Å². The molecule has 1 aromatic heterocycles. The molecule has 1 aromatic carbocycles. The first-order valence-corrected chi connectivity index (χ1v) is 10.7. The minimum atomic E-state index is 0.455. The van der Waals surface area contributed by atoms with Crippen molar-refractivity contribution in [2.24, 2.45) is 11.1 Å². The van der Waals surface area contributed by atoms with Gasteiger partial charge in [-0.1, -0.05) is 13.0 Å². The molecule has 1 saturated heterocycles. The maximum atomic E-state index is 6.08. The van der Waals surface area contributed by atoms with Crippen molar-refractivity contribution in [1.29, 1.82) is 0 Å². The van der Waals surface area contributed by atoms with Gasteiger partial charge in [-0.3, -0.25) is 4.90 Å². The van der Waals surface area contributed by atoms with Gasteiger partial charge in [0.05, 0.1) is 0 Å². The highest BCUT2D eigenvalue weighted by Crippen LogP contribution is 2.38. The fourth-order valence-electron chi connectivity index (χ4n) is 4.48. The third kappa shape index (κ3) is 3.86. The van der Waals surface area contributed by atoms with Crippen molar-refractivity contribution in [3.05, 3.63) is 29.6 Å². The highest BCUT2D eigenvalue weighted by Gasteiger charge is 2.30. The molecule has 2 heterocycles. The Hall–Kier alpha value is -1.10. The number of fused-ring (bicyclic) bond motifs is 1. The van der Waals surface area contributed by atoms with E-state index in [1.807, 2.05) is 11.3 Å². The number of hydrogen-bond acceptors (Lipinski definition) is 4. The van der Waals surface area contributed by atoms with Crippen molar-refractivity contribution in [3.8, 4) is 0 Å². The van der Waals surface area contributed by atoms with E-state index in [1.165, 1.54) is 67.5 Å². The van der Waals surface area contributed by atoms with Gasteiger partial charge in [0.2, 0.25) is 0 Å². The Morgan fingerprint density at radius 1 is 1.12 bits per heavy atom. The number of rotatable bonds is 4. The summed E-state index contributed by atoms with van der Waals surface area (Å²) in [5.41, 5.74) is 8.03. The SMILES string of the molecule is CC1(CCN2CCN(c3cccc4sccc34)CC2)CCC(N)CC1. The number of benzene rings is 1. The molecule has 2 fully saturated rings. The van der Waals surface area contributed by atoms with E-state index in [4.69, 9.17) is 5.73 Å². The van der Waals surface area contributed by atoms with Gasteiger partial charge in [0.25, 0.3) is 0 Å². The molecule has 0 bridgehead atoms. The van der Waals surface area contributed by atoms with Gasteiger partial charge in [0.1, 0.15) is 0 Å². The van der Waals surface area contributed by atoms with Gasteiger partial charge in [-0.25, -0.2) is 0 Å². The van der Waals surface area contributed by atoms with Crippen LogP contribution in [0.5, 0.6) is 0 Å². The summed E-state index contributed by atoms with van der Waals surface area (Å²) >= 11 is 1.84. The third-order valence-electron chi connectivity index (χ3n) is 6.45. The molecule has 2 aromatic rings. The normalized spacial score (nSPS) is 28.6. The van der Waals surface area contributed by atoms with Crippen LogP contribution in [-0.2, 0) is 0 Å². The monoisotopic (exact) mass is 357 g/mol. The molecule has 1 aliphatic heterocycles. The van der Waals surface area contributed by atoms with Crippen LogP contribution in [0.1, 0.15) is 39.0 Å². The molecule has 25 heavy (non-hydrogen) atoms. The highest BCUT2D eigenvalue weighted by molar-refractivity contribution is 7.17. The molecule has 2 N–H and O–H groups in total. The van der Waals surface area contributed by atoms with Crippen LogP contribution in [0.3, 0.4) is 0 Å². The van der Waals surface area contributed by atoms with E-state index in [1.54, 1.807) is 0 Å². The number of hydrogen-bond donors (Lipinski definition) is 1. The van der Waals surface area contributed by atoms with Crippen molar-refractivity contribution in [1.82, 2.24) is 4.90 Å². The molecule has 0 atom stereocenters. The number of thiophene rings is 1. The summed E-state index contributed by atoms with van der Waals surface area (Å²) < 4.78 is 1.41. The quantitative estimate of drug-likeness (QED) is 0.884. The summed E-state index contributed by atoms with van der Waals surface area (Å²) in [5, 5.41) is 3.63. The Balaban J connectivity index is 1.31. The van der Waals surface area contributed by atoms with E-state index < -0.39 is 0 Å². The van der Waals surface area contributed by atoms with Gasteiger partial charge in [0.15, 0.2) is 0 Å². The van der Waals surface area contributed by atoms with E-state index in [2.05, 4.69) is 46.4 Å². The van der Waals surface area contributed by atoms with Crippen LogP contribution >= 0.6 is 11.3 Å². The maximum absolute atomic E-state index is 6.08. The van der Waals surface area contributed by atoms with Crippen LogP contribution in [0.15, 0.2) is 29.6 Å². The number of nitrogens with zero attached hydrogens (tertiary/aromatic N) is 2. The minimum Gasteiger partial charge on any atom is -0.368 e. The van der Waals surface area contributed by atoms with E-state index >= 15 is 0 Å². The Bertz CT molecular complexity index is 694. The lowest BCUT2D eigenvalue weighted by atomic mass is 9.72. The van der Waals surface area contributed by atoms with Gasteiger partial charge in [-0.05, 0) is 67.6 Å². The first-order valence-electron chi connectivity index (χ1n) is 9.82. The fraction of sp³-hybridized carbons (Fsp3) is 0.619. The summed E-state index contributed by atoms with van der Waals surface area (Å²) in [7, 11) is 0. The molecule has 0 radical (unpaired) electrons. The summed E-state index contributed by atoms with van der Waals surface area (Å²) in [6.45, 7) is 8.41. The van der Waals surface area contributed by atoms with Crippen LogP contribution < -0.4 is 10.6 Å². The van der Waals surface area contributed by atoms with Crippen molar-refractivity contribution >= 4 is 27.1 Å². The van der Waals surface area contributed by atoms with Gasteiger partial charge < -0.3 is 10.6 Å². The molecular formula is C21H31N3S. The van der Waals surface area contributed by atoms with E-state index in [0.717, 1.165) is 13.1 Å². The zero-order chi connectivity index (χ0) is 17.3. The summed E-state index contributed by atoms with van der Waals surface area (Å²) in [6, 6.07) is 9.45. The second kappa shape index (κ2) is 7.26. The molecule has 136 valence electrons. The zero-order valence-electron chi connectivity index (χ0n) is 15.4. The molecule has 2 aliphatic rings. The predicted octanol–water partition coefficient (Wildman–Crippen LogP) is 4.32. The number of piperazine rings is 1. The van der Waals surface area contributed by atoms with Crippen molar-refractivity contribution in [2.75, 3.05) is 37.6 Å². The Labute approximate surface area is 155 Å². The number of nitrogens with two attached hydrogens (primary N) is 1. The first kappa shape index (κ1) is 17.3. The largest absolute Gasteiger partial charge is 0.368 e. The maximum Gasteiger partial charge on any atom is 0.0455 e. The Morgan fingerprint density at radius 3 is 2.64 bits per heavy atom. The standard InChI is InChI=1S/C21H31N3S/c1-21(8-5-17(22)6-9-21)10-11-23-12-14-24(15-13-23)19-3-2-4-20-18(19)7-16-25-20/h2-4,7,16-17H,5-6,8-15,22H2,1H3. The van der Waals surface area contributed by atoms with Crippen molar-refractivity contribution < 1.29 is 0 Å². The van der Waals surface area contributed by atoms with E-state index in [-0.39, 0.29) is 0 Å². The highest BCUT2D eigenvalue weighted by atomic mass is 32.1. The lowest BCUT2D eigenvalue weighted by Crippen LogP contribution is -2.47. The Morgan fingerprint density at radius 2 is 1.88 bits per heavy atom. The molecule has 4 heteroatoms. The van der Waals surface area contributed by atoms with Crippen LogP contribution in [0.25, 0.3) is 10.1 Å². The minimum absolute atomic E-state index is 0.455. The lowest BCUT2D eigenvalue weighted by molar-refractivity contribution is 0.146. The fourth-order valence-corrected chi connectivity index (χ4v) is 5.29. The van der Waals surface area contributed by atoms with Crippen LogP contribution in [-0.4, -0.2) is 43.7 Å². The topological polar surface area (TPSA) is 32.5 Å². The van der Waals surface area contributed by atoms with Crippen molar-refractivity contribution in [2.45, 2.75) is 45.1 Å². The number of anilines is 1. The predicted molar refractivity (Wildman–Crippen MR) is 110 cm³/mol. The molecular weight excluding hydrogens is 326 g/mol. The van der Waals surface area contributed by atoms with Crippen LogP contribution in [0.4, 0.5) is 5.69 Å². The molecule has 4 rings (SSSR count). The van der Waals surface area contributed by atoms with Gasteiger partial charge >= 0.3 is 0 Å². The summed E-state index contributed by atoms with van der Waals surface area (Å²) in [5.74, 6) is 0. The average molecular weight is 358 g/mol. The van der Waals surface area contributed by atoms with E-state index in [9.17, 15) is 0 Å². The summed E-state index contributed by atoms with van der Waals surface area (Å²) in [4.78, 5) is 5.25.